The molecule has 5 nitrogen and oxygen atoms in total. The minimum absolute atomic E-state index is 0.0435. The van der Waals surface area contributed by atoms with Gasteiger partial charge in [-0.2, -0.15) is 8.78 Å². The van der Waals surface area contributed by atoms with Gasteiger partial charge >= 0.3 is 0 Å². The Bertz CT molecular complexity index is 725. The predicted molar refractivity (Wildman–Crippen MR) is 84.8 cm³/mol. The highest BCUT2D eigenvalue weighted by atomic mass is 32.2. The smallest absolute Gasteiger partial charge is 0.290 e. The van der Waals surface area contributed by atoms with Crippen LogP contribution in [0, 0.1) is 0 Å². The van der Waals surface area contributed by atoms with Crippen molar-refractivity contribution in [2.45, 2.75) is 17.7 Å². The third-order valence-electron chi connectivity index (χ3n) is 2.66. The Labute approximate surface area is 135 Å². The number of hydrogen-bond acceptors (Lipinski definition) is 4. The Hall–Kier alpha value is -2.48. The number of alkyl halides is 2. The standard InChI is InChI=1S/C15H13F2N3O2S/c1-9(21)19-10-4-2-5-11(8-10)20-13(22)12-6-3-7-18-14(12)23-15(16)17/h2-8,15H,1H3,(H,19,21)(H,20,22). The first-order chi connectivity index (χ1) is 11.0. The highest BCUT2D eigenvalue weighted by Crippen LogP contribution is 2.27. The number of pyridine rings is 1. The summed E-state index contributed by atoms with van der Waals surface area (Å²) < 4.78 is 25.0. The molecule has 1 heterocycles. The van der Waals surface area contributed by atoms with E-state index >= 15 is 0 Å². The molecule has 0 aliphatic heterocycles. The number of rotatable bonds is 5. The molecule has 1 aromatic heterocycles. The van der Waals surface area contributed by atoms with E-state index in [0.717, 1.165) is 0 Å². The first-order valence-electron chi connectivity index (χ1n) is 6.54. The molecular weight excluding hydrogens is 324 g/mol. The molecule has 0 aliphatic rings. The lowest BCUT2D eigenvalue weighted by Gasteiger charge is -2.10. The quantitative estimate of drug-likeness (QED) is 0.818. The lowest BCUT2D eigenvalue weighted by atomic mass is 10.2. The van der Waals surface area contributed by atoms with E-state index < -0.39 is 11.7 Å². The molecule has 0 bridgehead atoms. The van der Waals surface area contributed by atoms with E-state index in [1.54, 1.807) is 24.3 Å². The molecule has 2 aromatic rings. The van der Waals surface area contributed by atoms with E-state index in [-0.39, 0.29) is 28.3 Å². The number of aromatic nitrogens is 1. The van der Waals surface area contributed by atoms with Gasteiger partial charge in [0.15, 0.2) is 0 Å². The van der Waals surface area contributed by atoms with E-state index in [1.807, 2.05) is 0 Å². The molecule has 23 heavy (non-hydrogen) atoms. The average Bonchev–Trinajstić information content (AvgIpc) is 2.46. The number of benzene rings is 1. The number of carbonyl (C=O) groups is 2. The highest BCUT2D eigenvalue weighted by molar-refractivity contribution is 7.99. The number of thioether (sulfide) groups is 1. The third-order valence-corrected chi connectivity index (χ3v) is 3.38. The van der Waals surface area contributed by atoms with Gasteiger partial charge < -0.3 is 10.6 Å². The van der Waals surface area contributed by atoms with E-state index in [2.05, 4.69) is 15.6 Å². The van der Waals surface area contributed by atoms with Crippen LogP contribution in [-0.2, 0) is 4.79 Å². The monoisotopic (exact) mass is 337 g/mol. The van der Waals surface area contributed by atoms with Crippen molar-refractivity contribution in [3.63, 3.8) is 0 Å². The summed E-state index contributed by atoms with van der Waals surface area (Å²) in [6.07, 6.45) is 1.35. The van der Waals surface area contributed by atoms with Crippen molar-refractivity contribution in [2.75, 3.05) is 10.6 Å². The van der Waals surface area contributed by atoms with Crippen molar-refractivity contribution in [1.29, 1.82) is 0 Å². The van der Waals surface area contributed by atoms with Gasteiger partial charge in [-0.25, -0.2) is 4.98 Å². The van der Waals surface area contributed by atoms with Gasteiger partial charge in [0.2, 0.25) is 5.91 Å². The van der Waals surface area contributed by atoms with Crippen LogP contribution in [0.5, 0.6) is 0 Å². The van der Waals surface area contributed by atoms with Gasteiger partial charge in [-0.3, -0.25) is 9.59 Å². The lowest BCUT2D eigenvalue weighted by Crippen LogP contribution is -2.14. The fourth-order valence-corrected chi connectivity index (χ4v) is 2.40. The van der Waals surface area contributed by atoms with Gasteiger partial charge in [-0.1, -0.05) is 6.07 Å². The highest BCUT2D eigenvalue weighted by Gasteiger charge is 2.16. The normalized spacial score (nSPS) is 10.4. The molecule has 8 heteroatoms. The van der Waals surface area contributed by atoms with E-state index in [9.17, 15) is 18.4 Å². The molecule has 0 saturated carbocycles. The molecule has 2 rings (SSSR count). The molecule has 0 fully saturated rings. The van der Waals surface area contributed by atoms with E-state index in [0.29, 0.717) is 11.4 Å². The average molecular weight is 337 g/mol. The fourth-order valence-electron chi connectivity index (χ4n) is 1.82. The van der Waals surface area contributed by atoms with Crippen LogP contribution in [0.1, 0.15) is 17.3 Å². The van der Waals surface area contributed by atoms with Crippen LogP contribution in [0.15, 0.2) is 47.6 Å². The molecule has 120 valence electrons. The summed E-state index contributed by atoms with van der Waals surface area (Å²) in [5.74, 6) is -3.46. The Kier molecular flexibility index (Phi) is 5.64. The topological polar surface area (TPSA) is 71.1 Å². The number of halogens is 2. The van der Waals surface area contributed by atoms with Crippen LogP contribution in [0.2, 0.25) is 0 Å². The van der Waals surface area contributed by atoms with Crippen molar-refractivity contribution >= 4 is 35.0 Å². The van der Waals surface area contributed by atoms with Crippen molar-refractivity contribution in [2.24, 2.45) is 0 Å². The second-order valence-corrected chi connectivity index (χ2v) is 5.43. The van der Waals surface area contributed by atoms with Crippen molar-refractivity contribution in [3.8, 4) is 0 Å². The zero-order chi connectivity index (χ0) is 16.8. The fraction of sp³-hybridized carbons (Fsp3) is 0.133. The second kappa shape index (κ2) is 7.68. The molecule has 1 aromatic carbocycles. The predicted octanol–water partition coefficient (Wildman–Crippen LogP) is 3.61. The summed E-state index contributed by atoms with van der Waals surface area (Å²) in [6.45, 7) is 1.37. The number of amides is 2. The van der Waals surface area contributed by atoms with Gasteiger partial charge in [0.1, 0.15) is 5.03 Å². The first kappa shape index (κ1) is 16.9. The summed E-state index contributed by atoms with van der Waals surface area (Å²) in [6, 6.07) is 9.43. The van der Waals surface area contributed by atoms with Crippen LogP contribution < -0.4 is 10.6 Å². The minimum atomic E-state index is -2.67. The molecule has 0 atom stereocenters. The lowest BCUT2D eigenvalue weighted by molar-refractivity contribution is -0.114. The molecular formula is C15H13F2N3O2S. The van der Waals surface area contributed by atoms with E-state index in [4.69, 9.17) is 0 Å². The maximum atomic E-state index is 12.5. The van der Waals surface area contributed by atoms with Gasteiger partial charge in [0.25, 0.3) is 11.7 Å². The maximum Gasteiger partial charge on any atom is 0.290 e. The van der Waals surface area contributed by atoms with Crippen LogP contribution >= 0.6 is 11.8 Å². The van der Waals surface area contributed by atoms with Crippen LogP contribution in [-0.4, -0.2) is 22.6 Å². The van der Waals surface area contributed by atoms with Crippen molar-refractivity contribution in [1.82, 2.24) is 4.98 Å². The SMILES string of the molecule is CC(=O)Nc1cccc(NC(=O)c2cccnc2SC(F)F)c1. The first-order valence-corrected chi connectivity index (χ1v) is 7.42. The van der Waals surface area contributed by atoms with Gasteiger partial charge in [0, 0.05) is 24.5 Å². The van der Waals surface area contributed by atoms with E-state index in [1.165, 1.54) is 25.3 Å². The Balaban J connectivity index is 2.18. The summed E-state index contributed by atoms with van der Waals surface area (Å²) >= 11 is 0.213. The number of carbonyl (C=O) groups excluding carboxylic acids is 2. The Morgan fingerprint density at radius 3 is 2.48 bits per heavy atom. The summed E-state index contributed by atoms with van der Waals surface area (Å²) in [4.78, 5) is 27.1. The Morgan fingerprint density at radius 1 is 1.13 bits per heavy atom. The molecule has 0 radical (unpaired) electrons. The van der Waals surface area contributed by atoms with Gasteiger partial charge in [-0.15, -0.1) is 0 Å². The third kappa shape index (κ3) is 5.03. The maximum absolute atomic E-state index is 12.5. The molecule has 2 N–H and O–H groups in total. The number of nitrogens with zero attached hydrogens (tertiary/aromatic N) is 1. The molecule has 0 aliphatic carbocycles. The molecule has 0 spiro atoms. The number of hydrogen-bond donors (Lipinski definition) is 2. The van der Waals surface area contributed by atoms with Crippen molar-refractivity contribution < 1.29 is 18.4 Å². The number of anilines is 2. The summed E-state index contributed by atoms with van der Waals surface area (Å²) in [7, 11) is 0. The molecule has 2 amide bonds. The molecule has 0 saturated heterocycles. The second-order valence-electron chi connectivity index (χ2n) is 4.45. The Morgan fingerprint density at radius 2 is 1.83 bits per heavy atom. The molecule has 0 unspecified atom stereocenters. The zero-order valence-electron chi connectivity index (χ0n) is 12.0. The number of nitrogens with one attached hydrogen (secondary N) is 2. The largest absolute Gasteiger partial charge is 0.326 e. The van der Waals surface area contributed by atoms with Crippen LogP contribution in [0.25, 0.3) is 0 Å². The zero-order valence-corrected chi connectivity index (χ0v) is 12.9. The van der Waals surface area contributed by atoms with Crippen molar-refractivity contribution in [3.05, 3.63) is 48.2 Å². The van der Waals surface area contributed by atoms with Gasteiger partial charge in [-0.05, 0) is 42.1 Å². The van der Waals surface area contributed by atoms with Crippen LogP contribution in [0.4, 0.5) is 20.2 Å². The minimum Gasteiger partial charge on any atom is -0.326 e. The summed E-state index contributed by atoms with van der Waals surface area (Å²) in [5.41, 5.74) is 1.00. The summed E-state index contributed by atoms with van der Waals surface area (Å²) in [5, 5.41) is 5.14. The van der Waals surface area contributed by atoms with Gasteiger partial charge in [0.05, 0.1) is 5.56 Å². The van der Waals surface area contributed by atoms with Crippen LogP contribution in [0.3, 0.4) is 0 Å².